The maximum atomic E-state index is 5.98. The Labute approximate surface area is 121 Å². The molecule has 0 bridgehead atoms. The van der Waals surface area contributed by atoms with Crippen LogP contribution in [0.5, 0.6) is 0 Å². The number of nitrogens with two attached hydrogens (primary N) is 1. The van der Waals surface area contributed by atoms with E-state index < -0.39 is 0 Å². The van der Waals surface area contributed by atoms with Crippen LogP contribution in [0.3, 0.4) is 0 Å². The van der Waals surface area contributed by atoms with E-state index in [2.05, 4.69) is 25.7 Å². The minimum atomic E-state index is 0.508. The van der Waals surface area contributed by atoms with Crippen molar-refractivity contribution in [3.63, 3.8) is 0 Å². The summed E-state index contributed by atoms with van der Waals surface area (Å²) in [7, 11) is 0. The molecule has 1 unspecified atom stereocenters. The summed E-state index contributed by atoms with van der Waals surface area (Å²) in [6.07, 6.45) is 12.4. The van der Waals surface area contributed by atoms with Crippen molar-refractivity contribution >= 4 is 0 Å². The molecule has 19 heavy (non-hydrogen) atoms. The molecule has 1 atom stereocenters. The molecule has 0 aliphatic carbocycles. The Bertz CT molecular complexity index is 225. The summed E-state index contributed by atoms with van der Waals surface area (Å²) in [6, 6.07) is 0.636. The van der Waals surface area contributed by atoms with Gasteiger partial charge in [-0.15, -0.1) is 0 Å². The lowest BCUT2D eigenvalue weighted by Crippen LogP contribution is -2.39. The van der Waals surface area contributed by atoms with Gasteiger partial charge in [0, 0.05) is 19.1 Å². The van der Waals surface area contributed by atoms with Gasteiger partial charge in [-0.25, -0.2) is 0 Å². The molecule has 1 aliphatic rings. The number of hydrogen-bond donors (Lipinski definition) is 1. The summed E-state index contributed by atoms with van der Waals surface area (Å²) in [5.74, 6) is 0. The predicted octanol–water partition coefficient (Wildman–Crippen LogP) is 4.19. The first-order valence-corrected chi connectivity index (χ1v) is 8.53. The normalized spacial score (nSPS) is 20.8. The molecule has 1 heterocycles. The number of unbranched alkanes of at least 4 members (excludes halogenated alkanes) is 6. The Hall–Kier alpha value is -0.0800. The third-order valence-corrected chi connectivity index (χ3v) is 4.64. The minimum absolute atomic E-state index is 0.508. The van der Waals surface area contributed by atoms with Crippen LogP contribution in [0.15, 0.2) is 0 Å². The van der Waals surface area contributed by atoms with Crippen LogP contribution >= 0.6 is 0 Å². The summed E-state index contributed by atoms with van der Waals surface area (Å²) in [6.45, 7) is 10.4. The van der Waals surface area contributed by atoms with E-state index in [9.17, 15) is 0 Å². The Morgan fingerprint density at radius 1 is 1.05 bits per heavy atom. The predicted molar refractivity (Wildman–Crippen MR) is 85.4 cm³/mol. The molecular formula is C17H36N2. The van der Waals surface area contributed by atoms with Crippen molar-refractivity contribution in [2.75, 3.05) is 19.6 Å². The van der Waals surface area contributed by atoms with E-state index in [1.54, 1.807) is 0 Å². The monoisotopic (exact) mass is 268 g/mol. The summed E-state index contributed by atoms with van der Waals surface area (Å²) in [4.78, 5) is 2.64. The fourth-order valence-electron chi connectivity index (χ4n) is 3.25. The zero-order chi connectivity index (χ0) is 14.1. The van der Waals surface area contributed by atoms with Gasteiger partial charge in [-0.1, -0.05) is 65.7 Å². The Kier molecular flexibility index (Phi) is 8.01. The minimum Gasteiger partial charge on any atom is -0.329 e. The van der Waals surface area contributed by atoms with Gasteiger partial charge in [0.1, 0.15) is 0 Å². The van der Waals surface area contributed by atoms with Crippen LogP contribution in [-0.4, -0.2) is 30.6 Å². The van der Waals surface area contributed by atoms with Crippen LogP contribution in [0.2, 0.25) is 0 Å². The molecule has 0 spiro atoms. The summed E-state index contributed by atoms with van der Waals surface area (Å²) < 4.78 is 0. The van der Waals surface area contributed by atoms with Crippen molar-refractivity contribution in [1.82, 2.24) is 4.90 Å². The summed E-state index contributed by atoms with van der Waals surface area (Å²) >= 11 is 0. The van der Waals surface area contributed by atoms with Gasteiger partial charge in [-0.05, 0) is 24.8 Å². The van der Waals surface area contributed by atoms with Crippen molar-refractivity contribution in [1.29, 1.82) is 0 Å². The van der Waals surface area contributed by atoms with Gasteiger partial charge in [0.2, 0.25) is 0 Å². The second-order valence-corrected chi connectivity index (χ2v) is 7.18. The zero-order valence-electron chi connectivity index (χ0n) is 13.6. The second kappa shape index (κ2) is 8.97. The van der Waals surface area contributed by atoms with Gasteiger partial charge in [0.25, 0.3) is 0 Å². The molecular weight excluding hydrogens is 232 g/mol. The maximum absolute atomic E-state index is 5.98. The Morgan fingerprint density at radius 3 is 2.21 bits per heavy atom. The maximum Gasteiger partial charge on any atom is 0.0218 e. The van der Waals surface area contributed by atoms with Crippen molar-refractivity contribution in [3.05, 3.63) is 0 Å². The van der Waals surface area contributed by atoms with Gasteiger partial charge < -0.3 is 5.73 Å². The second-order valence-electron chi connectivity index (χ2n) is 7.18. The van der Waals surface area contributed by atoms with E-state index in [0.717, 1.165) is 6.54 Å². The highest BCUT2D eigenvalue weighted by Crippen LogP contribution is 2.30. The van der Waals surface area contributed by atoms with Gasteiger partial charge in [-0.3, -0.25) is 4.90 Å². The molecule has 0 saturated carbocycles. The van der Waals surface area contributed by atoms with E-state index in [0.29, 0.717) is 11.5 Å². The largest absolute Gasteiger partial charge is 0.329 e. The molecule has 0 aromatic rings. The van der Waals surface area contributed by atoms with E-state index in [1.807, 2.05) is 0 Å². The third kappa shape index (κ3) is 6.76. The number of rotatable bonds is 10. The number of likely N-dealkylation sites (tertiary alicyclic amines) is 1. The molecule has 1 saturated heterocycles. The summed E-state index contributed by atoms with van der Waals surface area (Å²) in [5, 5.41) is 0. The summed E-state index contributed by atoms with van der Waals surface area (Å²) in [5.41, 5.74) is 6.49. The van der Waals surface area contributed by atoms with Crippen molar-refractivity contribution in [2.24, 2.45) is 11.1 Å². The molecule has 0 aromatic heterocycles. The van der Waals surface area contributed by atoms with Crippen molar-refractivity contribution in [2.45, 2.75) is 84.6 Å². The highest BCUT2D eigenvalue weighted by molar-refractivity contribution is 4.86. The van der Waals surface area contributed by atoms with E-state index >= 15 is 0 Å². The molecule has 1 aliphatic heterocycles. The first kappa shape index (κ1) is 17.0. The van der Waals surface area contributed by atoms with E-state index in [1.165, 1.54) is 70.9 Å². The van der Waals surface area contributed by atoms with Crippen LogP contribution < -0.4 is 5.73 Å². The molecule has 2 nitrogen and oxygen atoms in total. The SMILES string of the molecule is CCCCCCCCCC(CN)N1CCC(C)(C)C1. The highest BCUT2D eigenvalue weighted by Gasteiger charge is 2.32. The van der Waals surface area contributed by atoms with Crippen LogP contribution in [0.25, 0.3) is 0 Å². The van der Waals surface area contributed by atoms with E-state index in [4.69, 9.17) is 5.73 Å². The van der Waals surface area contributed by atoms with Gasteiger partial charge in [0.15, 0.2) is 0 Å². The quantitative estimate of drug-likeness (QED) is 0.602. The van der Waals surface area contributed by atoms with Gasteiger partial charge in [0.05, 0.1) is 0 Å². The van der Waals surface area contributed by atoms with Gasteiger partial charge in [-0.2, -0.15) is 0 Å². The fraction of sp³-hybridized carbons (Fsp3) is 1.00. The lowest BCUT2D eigenvalue weighted by molar-refractivity contribution is 0.207. The molecule has 0 aromatic carbocycles. The van der Waals surface area contributed by atoms with Gasteiger partial charge >= 0.3 is 0 Å². The first-order valence-electron chi connectivity index (χ1n) is 8.53. The van der Waals surface area contributed by atoms with Crippen LogP contribution in [0.1, 0.15) is 78.6 Å². The molecule has 1 rings (SSSR count). The average molecular weight is 268 g/mol. The number of hydrogen-bond acceptors (Lipinski definition) is 2. The van der Waals surface area contributed by atoms with Crippen LogP contribution in [0, 0.1) is 5.41 Å². The molecule has 0 radical (unpaired) electrons. The molecule has 2 heteroatoms. The highest BCUT2D eigenvalue weighted by atomic mass is 15.2. The lowest BCUT2D eigenvalue weighted by Gasteiger charge is -2.28. The fourth-order valence-corrected chi connectivity index (χ4v) is 3.25. The smallest absolute Gasteiger partial charge is 0.0218 e. The van der Waals surface area contributed by atoms with Crippen molar-refractivity contribution < 1.29 is 0 Å². The third-order valence-electron chi connectivity index (χ3n) is 4.64. The van der Waals surface area contributed by atoms with Crippen molar-refractivity contribution in [3.8, 4) is 0 Å². The van der Waals surface area contributed by atoms with E-state index in [-0.39, 0.29) is 0 Å². The number of nitrogens with zero attached hydrogens (tertiary/aromatic N) is 1. The first-order chi connectivity index (χ1) is 9.09. The molecule has 2 N–H and O–H groups in total. The Morgan fingerprint density at radius 2 is 1.68 bits per heavy atom. The van der Waals surface area contributed by atoms with Crippen LogP contribution in [0.4, 0.5) is 0 Å². The Balaban J connectivity index is 2.09. The topological polar surface area (TPSA) is 29.3 Å². The average Bonchev–Trinajstić information content (AvgIpc) is 2.73. The molecule has 114 valence electrons. The lowest BCUT2D eigenvalue weighted by atomic mass is 9.93. The molecule has 1 fully saturated rings. The zero-order valence-corrected chi connectivity index (χ0v) is 13.6. The molecule has 0 amide bonds. The van der Waals surface area contributed by atoms with Crippen LogP contribution in [-0.2, 0) is 0 Å². The standard InChI is InChI=1S/C17H36N2/c1-4-5-6-7-8-9-10-11-16(14-18)19-13-12-17(2,3)15-19/h16H,4-15,18H2,1-3H3.